The Balaban J connectivity index is 1.09. The van der Waals surface area contributed by atoms with Gasteiger partial charge >= 0.3 is 0 Å². The molecule has 2 aliphatic rings. The predicted octanol–water partition coefficient (Wildman–Crippen LogP) is 17.4. The summed E-state index contributed by atoms with van der Waals surface area (Å²) in [5, 5.41) is 4.86. The summed E-state index contributed by atoms with van der Waals surface area (Å²) >= 11 is 0. The molecule has 0 radical (unpaired) electrons. The van der Waals surface area contributed by atoms with Gasteiger partial charge in [0.15, 0.2) is 0 Å². The monoisotopic (exact) mass is 889 g/mol. The lowest BCUT2D eigenvalue weighted by molar-refractivity contribution is 0.794. The maximum absolute atomic E-state index is 2.58. The van der Waals surface area contributed by atoms with Crippen molar-refractivity contribution < 1.29 is 0 Å². The van der Waals surface area contributed by atoms with Crippen molar-refractivity contribution in [3.05, 3.63) is 283 Å². The fourth-order valence-electron chi connectivity index (χ4n) is 12.6. The van der Waals surface area contributed by atoms with E-state index in [9.17, 15) is 0 Å². The highest BCUT2D eigenvalue weighted by molar-refractivity contribution is 6.17. The van der Waals surface area contributed by atoms with E-state index in [1.54, 1.807) is 0 Å². The highest BCUT2D eigenvalue weighted by atomic mass is 15.2. The Kier molecular flexibility index (Phi) is 8.28. The summed E-state index contributed by atoms with van der Waals surface area (Å²) in [6.07, 6.45) is 0. The summed E-state index contributed by atoms with van der Waals surface area (Å²) in [7, 11) is 0. The molecule has 15 rings (SSSR count). The number of anilines is 3. The summed E-state index contributed by atoms with van der Waals surface area (Å²) in [5.74, 6) is 0. The molecule has 326 valence electrons. The zero-order chi connectivity index (χ0) is 45.9. The summed E-state index contributed by atoms with van der Waals surface area (Å²) < 4.78 is 4.93. The van der Waals surface area contributed by atoms with Crippen molar-refractivity contribution in [2.75, 3.05) is 4.90 Å². The van der Waals surface area contributed by atoms with Crippen molar-refractivity contribution in [3.63, 3.8) is 0 Å². The zero-order valence-corrected chi connectivity index (χ0v) is 38.2. The molecule has 2 heterocycles. The first-order valence-electron chi connectivity index (χ1n) is 24.3. The van der Waals surface area contributed by atoms with Crippen LogP contribution in [0.4, 0.5) is 17.1 Å². The molecule has 0 saturated carbocycles. The molecule has 3 heteroatoms. The SMILES string of the molecule is c1ccc(-c2ccc3c(c2)c2cccc(N(c4ccc5c6ccccc6n(-c6ccccc6)c5c4)c4cccc5c4-c4ccccc4C54c5ccccc5-c5ccccc54)c2n3-c2ccccc2)cc1. The Labute approximate surface area is 406 Å². The van der Waals surface area contributed by atoms with E-state index in [-0.39, 0.29) is 0 Å². The molecular formula is C67H43N3. The third-order valence-corrected chi connectivity index (χ3v) is 15.3. The van der Waals surface area contributed by atoms with Gasteiger partial charge in [0.25, 0.3) is 0 Å². The number of benzene rings is 11. The van der Waals surface area contributed by atoms with Gasteiger partial charge in [-0.1, -0.05) is 194 Å². The van der Waals surface area contributed by atoms with E-state index in [1.165, 1.54) is 82.7 Å². The summed E-state index contributed by atoms with van der Waals surface area (Å²) in [4.78, 5) is 2.58. The quantitative estimate of drug-likeness (QED) is 0.162. The van der Waals surface area contributed by atoms with E-state index in [4.69, 9.17) is 0 Å². The van der Waals surface area contributed by atoms with Crippen LogP contribution >= 0.6 is 0 Å². The van der Waals surface area contributed by atoms with E-state index >= 15 is 0 Å². The van der Waals surface area contributed by atoms with Crippen LogP contribution in [-0.4, -0.2) is 9.13 Å². The molecule has 70 heavy (non-hydrogen) atoms. The molecule has 3 nitrogen and oxygen atoms in total. The number of hydrogen-bond acceptors (Lipinski definition) is 1. The lowest BCUT2D eigenvalue weighted by Gasteiger charge is -2.32. The summed E-state index contributed by atoms with van der Waals surface area (Å²) in [5.41, 5.74) is 22.5. The topological polar surface area (TPSA) is 13.1 Å². The van der Waals surface area contributed by atoms with Crippen LogP contribution in [0.15, 0.2) is 261 Å². The Morgan fingerprint density at radius 3 is 1.56 bits per heavy atom. The van der Waals surface area contributed by atoms with E-state index in [1.807, 2.05) is 0 Å². The minimum atomic E-state index is -0.497. The molecule has 0 fully saturated rings. The Bertz CT molecular complexity index is 4190. The van der Waals surface area contributed by atoms with Crippen LogP contribution in [0.3, 0.4) is 0 Å². The van der Waals surface area contributed by atoms with Gasteiger partial charge in [0.05, 0.1) is 38.9 Å². The average molecular weight is 890 g/mol. The highest BCUT2D eigenvalue weighted by Crippen LogP contribution is 2.65. The molecule has 2 aliphatic carbocycles. The summed E-state index contributed by atoms with van der Waals surface area (Å²) in [6.45, 7) is 0. The van der Waals surface area contributed by atoms with Crippen LogP contribution < -0.4 is 4.90 Å². The van der Waals surface area contributed by atoms with Crippen molar-refractivity contribution in [3.8, 4) is 44.8 Å². The van der Waals surface area contributed by atoms with E-state index in [2.05, 4.69) is 275 Å². The number of para-hydroxylation sites is 4. The molecule has 0 bridgehead atoms. The molecule has 0 amide bonds. The largest absolute Gasteiger partial charge is 0.309 e. The smallest absolute Gasteiger partial charge is 0.0782 e. The van der Waals surface area contributed by atoms with Crippen LogP contribution in [0.5, 0.6) is 0 Å². The molecule has 0 N–H and O–H groups in total. The molecule has 11 aromatic carbocycles. The van der Waals surface area contributed by atoms with Crippen LogP contribution in [0.25, 0.3) is 88.4 Å². The predicted molar refractivity (Wildman–Crippen MR) is 292 cm³/mol. The fraction of sp³-hybridized carbons (Fsp3) is 0.0149. The van der Waals surface area contributed by atoms with Gasteiger partial charge in [-0.15, -0.1) is 0 Å². The Hall–Kier alpha value is -9.18. The van der Waals surface area contributed by atoms with Gasteiger partial charge < -0.3 is 14.0 Å². The Morgan fingerprint density at radius 1 is 0.300 bits per heavy atom. The maximum atomic E-state index is 2.58. The number of rotatable bonds is 6. The van der Waals surface area contributed by atoms with Gasteiger partial charge in [-0.05, 0) is 117 Å². The van der Waals surface area contributed by atoms with E-state index in [0.29, 0.717) is 0 Å². The lowest BCUT2D eigenvalue weighted by Crippen LogP contribution is -2.26. The van der Waals surface area contributed by atoms with Crippen molar-refractivity contribution in [1.29, 1.82) is 0 Å². The van der Waals surface area contributed by atoms with Gasteiger partial charge in [0.1, 0.15) is 0 Å². The average Bonchev–Trinajstić information content (AvgIpc) is 4.14. The molecule has 2 aromatic heterocycles. The lowest BCUT2D eigenvalue weighted by atomic mass is 9.70. The van der Waals surface area contributed by atoms with Crippen molar-refractivity contribution >= 4 is 60.7 Å². The molecule has 0 saturated heterocycles. The third kappa shape index (κ3) is 5.29. The molecule has 0 aliphatic heterocycles. The van der Waals surface area contributed by atoms with E-state index in [0.717, 1.165) is 45.0 Å². The van der Waals surface area contributed by atoms with Gasteiger partial charge in [0.2, 0.25) is 0 Å². The van der Waals surface area contributed by atoms with Crippen LogP contribution in [0, 0.1) is 0 Å². The minimum absolute atomic E-state index is 0.497. The van der Waals surface area contributed by atoms with Gasteiger partial charge in [0, 0.05) is 44.2 Å². The number of fused-ring (bicyclic) bond motifs is 16. The van der Waals surface area contributed by atoms with Crippen molar-refractivity contribution in [2.24, 2.45) is 0 Å². The van der Waals surface area contributed by atoms with E-state index < -0.39 is 5.41 Å². The highest BCUT2D eigenvalue weighted by Gasteiger charge is 2.52. The van der Waals surface area contributed by atoms with Crippen LogP contribution in [0.2, 0.25) is 0 Å². The second kappa shape index (κ2) is 14.9. The molecule has 1 spiro atoms. The molecule has 13 aromatic rings. The van der Waals surface area contributed by atoms with Crippen molar-refractivity contribution in [1.82, 2.24) is 9.13 Å². The molecule has 0 atom stereocenters. The zero-order valence-electron chi connectivity index (χ0n) is 38.2. The summed E-state index contributed by atoms with van der Waals surface area (Å²) in [6, 6.07) is 96.7. The number of nitrogens with zero attached hydrogens (tertiary/aromatic N) is 3. The first kappa shape index (κ1) is 38.9. The number of aromatic nitrogens is 2. The van der Waals surface area contributed by atoms with Gasteiger partial charge in [-0.3, -0.25) is 0 Å². The second-order valence-electron chi connectivity index (χ2n) is 18.8. The number of hydrogen-bond donors (Lipinski definition) is 0. The molecule has 0 unspecified atom stereocenters. The normalized spacial score (nSPS) is 13.0. The minimum Gasteiger partial charge on any atom is -0.309 e. The van der Waals surface area contributed by atoms with Gasteiger partial charge in [-0.25, -0.2) is 0 Å². The molecular weight excluding hydrogens is 847 g/mol. The van der Waals surface area contributed by atoms with Crippen LogP contribution in [-0.2, 0) is 5.41 Å². The first-order chi connectivity index (χ1) is 34.8. The fourth-order valence-corrected chi connectivity index (χ4v) is 12.6. The van der Waals surface area contributed by atoms with Crippen molar-refractivity contribution in [2.45, 2.75) is 5.41 Å². The van der Waals surface area contributed by atoms with Gasteiger partial charge in [-0.2, -0.15) is 0 Å². The first-order valence-corrected chi connectivity index (χ1v) is 24.3. The maximum Gasteiger partial charge on any atom is 0.0782 e. The van der Waals surface area contributed by atoms with Crippen LogP contribution in [0.1, 0.15) is 22.3 Å². The third-order valence-electron chi connectivity index (χ3n) is 15.3. The second-order valence-corrected chi connectivity index (χ2v) is 18.8. The Morgan fingerprint density at radius 2 is 0.829 bits per heavy atom. The standard InChI is InChI=1S/C67H43N3/c1-4-20-44(21-5-1)45-38-41-61-55(42-45)53-30-18-37-63(66(53)70(61)47-24-8-3-9-25-47)69(48-39-40-52-51-28-13-17-35-60(51)68(64(52)43-48)46-22-6-2-7-23-46)62-36-19-34-59-65(62)54-29-12-16-33-58(54)67(59)56-31-14-10-26-49(56)50-27-11-15-32-57(50)67/h1-43H.